The van der Waals surface area contributed by atoms with Gasteiger partial charge in [0.25, 0.3) is 0 Å². The molecule has 0 spiro atoms. The summed E-state index contributed by atoms with van der Waals surface area (Å²) in [5, 5.41) is 14.2. The number of alkyl halides is 1. The number of halogens is 1. The van der Waals surface area contributed by atoms with E-state index >= 15 is 4.39 Å². The summed E-state index contributed by atoms with van der Waals surface area (Å²) in [7, 11) is -3.95. The van der Waals surface area contributed by atoms with Gasteiger partial charge in [0, 0.05) is 11.9 Å². The molecule has 0 amide bonds. The van der Waals surface area contributed by atoms with Gasteiger partial charge in [0.05, 0.1) is 35.7 Å². The SMILES string of the molecule is CCOc1ccc(S(=O)(=O)N2C[C@@H](n3nc(CC(=O)O)c4ccccc43)[C@](C)(F)C2)cc1. The molecule has 1 aromatic heterocycles. The number of rotatable bonds is 7. The summed E-state index contributed by atoms with van der Waals surface area (Å²) in [6.07, 6.45) is -0.308. The van der Waals surface area contributed by atoms with E-state index in [0.717, 1.165) is 4.31 Å². The van der Waals surface area contributed by atoms with Gasteiger partial charge in [0.1, 0.15) is 17.5 Å². The van der Waals surface area contributed by atoms with E-state index in [1.54, 1.807) is 36.4 Å². The number of carboxylic acid groups (broad SMARTS) is 1. The van der Waals surface area contributed by atoms with Crippen LogP contribution in [0.4, 0.5) is 4.39 Å². The van der Waals surface area contributed by atoms with Crippen molar-refractivity contribution in [1.29, 1.82) is 0 Å². The van der Waals surface area contributed by atoms with Crippen molar-refractivity contribution in [1.82, 2.24) is 14.1 Å². The Morgan fingerprint density at radius 2 is 1.94 bits per heavy atom. The summed E-state index contributed by atoms with van der Waals surface area (Å²) in [5.74, 6) is -0.496. The van der Waals surface area contributed by atoms with Gasteiger partial charge in [-0.3, -0.25) is 9.48 Å². The summed E-state index contributed by atoms with van der Waals surface area (Å²) in [6, 6.07) is 12.1. The van der Waals surface area contributed by atoms with E-state index in [1.165, 1.54) is 23.7 Å². The molecule has 0 radical (unpaired) electrons. The van der Waals surface area contributed by atoms with Crippen molar-refractivity contribution in [2.24, 2.45) is 0 Å². The first-order chi connectivity index (χ1) is 15.1. The van der Waals surface area contributed by atoms with E-state index in [4.69, 9.17) is 4.74 Å². The van der Waals surface area contributed by atoms with E-state index in [0.29, 0.717) is 29.0 Å². The number of carboxylic acids is 1. The number of aromatic nitrogens is 2. The molecular formula is C22H24FN3O5S. The molecule has 10 heteroatoms. The molecule has 32 heavy (non-hydrogen) atoms. The van der Waals surface area contributed by atoms with Crippen LogP contribution in [0.1, 0.15) is 25.6 Å². The molecule has 2 atom stereocenters. The monoisotopic (exact) mass is 461 g/mol. The Bertz CT molecular complexity index is 1250. The molecule has 1 N–H and O–H groups in total. The maximum absolute atomic E-state index is 15.7. The third-order valence-corrected chi connectivity index (χ3v) is 7.46. The van der Waals surface area contributed by atoms with Crippen LogP contribution in [-0.4, -0.2) is 58.9 Å². The van der Waals surface area contributed by atoms with Gasteiger partial charge >= 0.3 is 5.97 Å². The quantitative estimate of drug-likeness (QED) is 0.580. The van der Waals surface area contributed by atoms with E-state index in [1.807, 2.05) is 6.92 Å². The van der Waals surface area contributed by atoms with Crippen molar-refractivity contribution in [3.63, 3.8) is 0 Å². The average Bonchev–Trinajstić information content (AvgIpc) is 3.25. The molecule has 2 heterocycles. The van der Waals surface area contributed by atoms with Crippen LogP contribution in [0.25, 0.3) is 10.9 Å². The number of hydrogen-bond donors (Lipinski definition) is 1. The van der Waals surface area contributed by atoms with E-state index in [9.17, 15) is 18.3 Å². The average molecular weight is 462 g/mol. The molecule has 1 fully saturated rings. The third kappa shape index (κ3) is 3.95. The van der Waals surface area contributed by atoms with Crippen LogP contribution in [0, 0.1) is 0 Å². The molecule has 170 valence electrons. The zero-order valence-corrected chi connectivity index (χ0v) is 18.5. The Hall–Kier alpha value is -2.98. The van der Waals surface area contributed by atoms with Gasteiger partial charge in [-0.05, 0) is 44.2 Å². The maximum atomic E-state index is 15.7. The Balaban J connectivity index is 1.69. The second-order valence-corrected chi connectivity index (χ2v) is 9.91. The molecule has 1 aliphatic rings. The summed E-state index contributed by atoms with van der Waals surface area (Å²) >= 11 is 0. The second-order valence-electron chi connectivity index (χ2n) is 7.97. The predicted molar refractivity (Wildman–Crippen MR) is 116 cm³/mol. The maximum Gasteiger partial charge on any atom is 0.309 e. The zero-order valence-electron chi connectivity index (χ0n) is 17.7. The standard InChI is InChI=1S/C22H24FN3O5S/c1-3-31-15-8-10-16(11-9-15)32(29,30)25-13-20(22(2,23)14-25)26-19-7-5-4-6-17(19)18(24-26)12-21(27)28/h4-11,20H,3,12-14H2,1-2H3,(H,27,28)/t20-,22-/m1/s1. The first kappa shape index (κ1) is 22.2. The van der Waals surface area contributed by atoms with Gasteiger partial charge in [0.15, 0.2) is 0 Å². The fraction of sp³-hybridized carbons (Fsp3) is 0.364. The highest BCUT2D eigenvalue weighted by Crippen LogP contribution is 2.39. The number of aliphatic carboxylic acids is 1. The zero-order chi connectivity index (χ0) is 23.1. The molecular weight excluding hydrogens is 437 g/mol. The van der Waals surface area contributed by atoms with Crippen LogP contribution < -0.4 is 4.74 Å². The van der Waals surface area contributed by atoms with Crippen molar-refractivity contribution in [3.8, 4) is 5.75 Å². The number of nitrogens with zero attached hydrogens (tertiary/aromatic N) is 3. The van der Waals surface area contributed by atoms with Gasteiger partial charge in [-0.15, -0.1) is 0 Å². The van der Waals surface area contributed by atoms with E-state index in [-0.39, 0.29) is 24.4 Å². The van der Waals surface area contributed by atoms with Crippen molar-refractivity contribution in [2.75, 3.05) is 19.7 Å². The lowest BCUT2D eigenvalue weighted by Crippen LogP contribution is -2.33. The summed E-state index contributed by atoms with van der Waals surface area (Å²) in [4.78, 5) is 11.3. The van der Waals surface area contributed by atoms with Gasteiger partial charge in [-0.25, -0.2) is 12.8 Å². The van der Waals surface area contributed by atoms with Crippen LogP contribution in [0.15, 0.2) is 53.4 Å². The number of carbonyl (C=O) groups is 1. The van der Waals surface area contributed by atoms with Gasteiger partial charge in [-0.2, -0.15) is 9.40 Å². The number of sulfonamides is 1. The summed E-state index contributed by atoms with van der Waals surface area (Å²) < 4.78 is 50.0. The smallest absolute Gasteiger partial charge is 0.309 e. The largest absolute Gasteiger partial charge is 0.494 e. The topological polar surface area (TPSA) is 102 Å². The van der Waals surface area contributed by atoms with Crippen LogP contribution in [-0.2, 0) is 21.2 Å². The minimum absolute atomic E-state index is 0.0503. The first-order valence-electron chi connectivity index (χ1n) is 10.2. The van der Waals surface area contributed by atoms with Crippen LogP contribution in [0.2, 0.25) is 0 Å². The minimum atomic E-state index is -3.95. The highest BCUT2D eigenvalue weighted by molar-refractivity contribution is 7.89. The Morgan fingerprint density at radius 1 is 1.25 bits per heavy atom. The van der Waals surface area contributed by atoms with Gasteiger partial charge in [0.2, 0.25) is 10.0 Å². The van der Waals surface area contributed by atoms with E-state index < -0.39 is 27.7 Å². The predicted octanol–water partition coefficient (Wildman–Crippen LogP) is 3.04. The van der Waals surface area contributed by atoms with E-state index in [2.05, 4.69) is 5.10 Å². The number of ether oxygens (including phenoxy) is 1. The van der Waals surface area contributed by atoms with Gasteiger partial charge < -0.3 is 9.84 Å². The summed E-state index contributed by atoms with van der Waals surface area (Å²) in [6.45, 7) is 3.18. The molecule has 1 aliphatic heterocycles. The number of benzene rings is 2. The minimum Gasteiger partial charge on any atom is -0.494 e. The number of hydrogen-bond acceptors (Lipinski definition) is 5. The second kappa shape index (κ2) is 8.18. The molecule has 4 rings (SSSR count). The van der Waals surface area contributed by atoms with Crippen LogP contribution in [0.3, 0.4) is 0 Å². The Labute approximate surface area is 185 Å². The van der Waals surface area contributed by atoms with Gasteiger partial charge in [-0.1, -0.05) is 18.2 Å². The fourth-order valence-electron chi connectivity index (χ4n) is 4.10. The van der Waals surface area contributed by atoms with Crippen molar-refractivity contribution < 1.29 is 27.4 Å². The lowest BCUT2D eigenvalue weighted by Gasteiger charge is -2.22. The molecule has 0 unspecified atom stereocenters. The highest BCUT2D eigenvalue weighted by Gasteiger charge is 2.50. The first-order valence-corrected chi connectivity index (χ1v) is 11.7. The number of para-hydroxylation sites is 1. The molecule has 0 aliphatic carbocycles. The van der Waals surface area contributed by atoms with Crippen LogP contribution in [0.5, 0.6) is 5.75 Å². The Kier molecular flexibility index (Phi) is 5.68. The van der Waals surface area contributed by atoms with Crippen molar-refractivity contribution >= 4 is 26.9 Å². The third-order valence-electron chi connectivity index (χ3n) is 5.63. The van der Waals surface area contributed by atoms with Crippen molar-refractivity contribution in [3.05, 3.63) is 54.2 Å². The Morgan fingerprint density at radius 3 is 2.59 bits per heavy atom. The lowest BCUT2D eigenvalue weighted by atomic mass is 10.0. The number of fused-ring (bicyclic) bond motifs is 1. The highest BCUT2D eigenvalue weighted by atomic mass is 32.2. The molecule has 3 aromatic rings. The van der Waals surface area contributed by atoms with Crippen molar-refractivity contribution in [2.45, 2.75) is 36.9 Å². The fourth-order valence-corrected chi connectivity index (χ4v) is 5.64. The van der Waals surface area contributed by atoms with Crippen LogP contribution >= 0.6 is 0 Å². The lowest BCUT2D eigenvalue weighted by molar-refractivity contribution is -0.136. The molecule has 0 saturated carbocycles. The molecule has 1 saturated heterocycles. The summed E-state index contributed by atoms with van der Waals surface area (Å²) in [5.41, 5.74) is -1.03. The molecule has 0 bridgehead atoms. The normalized spacial score (nSPS) is 21.8. The molecule has 8 nitrogen and oxygen atoms in total. The molecule has 2 aromatic carbocycles.